The van der Waals surface area contributed by atoms with Gasteiger partial charge in [0.2, 0.25) is 0 Å². The fourth-order valence-corrected chi connectivity index (χ4v) is 6.63. The Morgan fingerprint density at radius 2 is 2.17 bits per heavy atom. The molecular weight excluding hydrogens is 366 g/mol. The van der Waals surface area contributed by atoms with E-state index in [2.05, 4.69) is 35.9 Å². The molecule has 3 aliphatic carbocycles. The molecular formula is C23H33N3O3. The van der Waals surface area contributed by atoms with Crippen molar-refractivity contribution in [2.24, 2.45) is 29.0 Å². The van der Waals surface area contributed by atoms with E-state index in [0.717, 1.165) is 44.3 Å². The fraction of sp³-hybridized carbons (Fsp3) is 0.652. The summed E-state index contributed by atoms with van der Waals surface area (Å²) in [5, 5.41) is 2.76. The molecule has 4 rings (SSSR count). The van der Waals surface area contributed by atoms with Crippen molar-refractivity contribution in [3.05, 3.63) is 29.3 Å². The van der Waals surface area contributed by atoms with Gasteiger partial charge in [-0.15, -0.1) is 0 Å². The monoisotopic (exact) mass is 399 g/mol. The average Bonchev–Trinajstić information content (AvgIpc) is 3.00. The molecule has 0 spiro atoms. The molecule has 0 bridgehead atoms. The van der Waals surface area contributed by atoms with Crippen LogP contribution in [0.25, 0.3) is 0 Å². The number of ether oxygens (including phenoxy) is 1. The largest absolute Gasteiger partial charge is 0.497 e. The number of hydrazine groups is 1. The van der Waals surface area contributed by atoms with E-state index in [9.17, 15) is 9.59 Å². The minimum absolute atomic E-state index is 0.169. The number of rotatable bonds is 5. The Kier molecular flexibility index (Phi) is 5.56. The van der Waals surface area contributed by atoms with Gasteiger partial charge in [-0.2, -0.15) is 0 Å². The van der Waals surface area contributed by atoms with Gasteiger partial charge >= 0.3 is 6.03 Å². The minimum atomic E-state index is -0.352. The smallest absolute Gasteiger partial charge is 0.328 e. The van der Waals surface area contributed by atoms with Gasteiger partial charge in [-0.1, -0.05) is 13.0 Å². The zero-order valence-electron chi connectivity index (χ0n) is 17.5. The van der Waals surface area contributed by atoms with Crippen molar-refractivity contribution in [1.29, 1.82) is 0 Å². The van der Waals surface area contributed by atoms with Crippen LogP contribution in [-0.4, -0.2) is 25.5 Å². The van der Waals surface area contributed by atoms with E-state index < -0.39 is 0 Å². The Bertz CT molecular complexity index is 796. The highest BCUT2D eigenvalue weighted by Gasteiger charge is 2.58. The molecule has 4 N–H and O–H groups in total. The zero-order chi connectivity index (χ0) is 20.6. The number of fused-ring (bicyclic) bond motifs is 5. The Labute approximate surface area is 172 Å². The van der Waals surface area contributed by atoms with Gasteiger partial charge in [0.15, 0.2) is 0 Å². The van der Waals surface area contributed by atoms with Crippen LogP contribution in [0.2, 0.25) is 0 Å². The maximum atomic E-state index is 13.0. The molecule has 0 saturated heterocycles. The molecule has 1 aromatic rings. The van der Waals surface area contributed by atoms with Crippen LogP contribution in [0.4, 0.5) is 4.79 Å². The summed E-state index contributed by atoms with van der Waals surface area (Å²) in [5.41, 5.74) is 4.82. The average molecular weight is 400 g/mol. The topological polar surface area (TPSA) is 93.4 Å². The molecule has 2 amide bonds. The van der Waals surface area contributed by atoms with Gasteiger partial charge in [0.25, 0.3) is 0 Å². The number of methoxy groups -OCH3 is 1. The molecule has 6 nitrogen and oxygen atoms in total. The van der Waals surface area contributed by atoms with E-state index in [4.69, 9.17) is 10.6 Å². The number of urea groups is 1. The number of Topliss-reactive ketones (excluding diaryl/α,β-unsaturated/α-hetero) is 1. The molecule has 5 atom stereocenters. The van der Waals surface area contributed by atoms with Crippen LogP contribution in [0.1, 0.15) is 62.5 Å². The maximum absolute atomic E-state index is 13.0. The van der Waals surface area contributed by atoms with Crippen LogP contribution >= 0.6 is 0 Å². The molecule has 5 unspecified atom stereocenters. The van der Waals surface area contributed by atoms with Crippen LogP contribution in [0.5, 0.6) is 5.75 Å². The quantitative estimate of drug-likeness (QED) is 0.306. The number of benzene rings is 1. The zero-order valence-corrected chi connectivity index (χ0v) is 17.5. The van der Waals surface area contributed by atoms with Crippen molar-refractivity contribution in [3.63, 3.8) is 0 Å². The number of nitrogens with one attached hydrogen (secondary N) is 2. The second-order valence-electron chi connectivity index (χ2n) is 9.29. The van der Waals surface area contributed by atoms with E-state index >= 15 is 0 Å². The first-order chi connectivity index (χ1) is 14.0. The summed E-state index contributed by atoms with van der Waals surface area (Å²) in [6.45, 7) is 2.81. The first kappa shape index (κ1) is 20.2. The van der Waals surface area contributed by atoms with E-state index in [0.29, 0.717) is 42.4 Å². The molecule has 6 heteroatoms. The fourth-order valence-electron chi connectivity index (χ4n) is 6.63. The second kappa shape index (κ2) is 7.98. The van der Waals surface area contributed by atoms with Gasteiger partial charge in [-0.3, -0.25) is 10.2 Å². The number of amides is 2. The second-order valence-corrected chi connectivity index (χ2v) is 9.29. The summed E-state index contributed by atoms with van der Waals surface area (Å²) in [4.78, 5) is 24.3. The predicted octanol–water partition coefficient (Wildman–Crippen LogP) is 3.30. The van der Waals surface area contributed by atoms with E-state index in [-0.39, 0.29) is 11.4 Å². The normalized spacial score (nSPS) is 32.7. The Balaban J connectivity index is 1.52. The van der Waals surface area contributed by atoms with Gasteiger partial charge in [0.1, 0.15) is 11.5 Å². The first-order valence-electron chi connectivity index (χ1n) is 10.9. The highest BCUT2D eigenvalue weighted by molar-refractivity contribution is 5.87. The third-order valence-corrected chi connectivity index (χ3v) is 7.95. The van der Waals surface area contributed by atoms with Crippen molar-refractivity contribution >= 4 is 11.8 Å². The number of ketones is 1. The lowest BCUT2D eigenvalue weighted by molar-refractivity contribution is -0.129. The Hall–Kier alpha value is -2.08. The first-order valence-corrected chi connectivity index (χ1v) is 10.9. The summed E-state index contributed by atoms with van der Waals surface area (Å²) in [7, 11) is 1.72. The molecule has 0 radical (unpaired) electrons. The predicted molar refractivity (Wildman–Crippen MR) is 111 cm³/mol. The number of carbonyl (C=O) groups excluding carboxylic acids is 2. The van der Waals surface area contributed by atoms with Crippen molar-refractivity contribution < 1.29 is 14.3 Å². The number of aryl methyl sites for hydroxylation is 1. The van der Waals surface area contributed by atoms with Crippen LogP contribution in [0.15, 0.2) is 18.2 Å². The summed E-state index contributed by atoms with van der Waals surface area (Å²) in [6, 6.07) is 6.19. The molecule has 158 valence electrons. The minimum Gasteiger partial charge on any atom is -0.497 e. The van der Waals surface area contributed by atoms with Gasteiger partial charge < -0.3 is 10.1 Å². The summed E-state index contributed by atoms with van der Waals surface area (Å²) in [5.74, 6) is 8.51. The Morgan fingerprint density at radius 1 is 1.34 bits per heavy atom. The van der Waals surface area contributed by atoms with Gasteiger partial charge in [-0.25, -0.2) is 10.6 Å². The third kappa shape index (κ3) is 3.52. The third-order valence-electron chi connectivity index (χ3n) is 7.95. The number of hydrogen-bond donors (Lipinski definition) is 3. The van der Waals surface area contributed by atoms with Crippen LogP contribution < -0.4 is 21.3 Å². The van der Waals surface area contributed by atoms with Crippen LogP contribution in [0.3, 0.4) is 0 Å². The van der Waals surface area contributed by atoms with Crippen molar-refractivity contribution in [2.75, 3.05) is 13.7 Å². The van der Waals surface area contributed by atoms with E-state index in [1.54, 1.807) is 7.11 Å². The van der Waals surface area contributed by atoms with Crippen molar-refractivity contribution in [1.82, 2.24) is 10.7 Å². The summed E-state index contributed by atoms with van der Waals surface area (Å²) < 4.78 is 5.43. The molecule has 2 saturated carbocycles. The molecule has 29 heavy (non-hydrogen) atoms. The number of nitrogens with two attached hydrogens (primary N) is 1. The SMILES string of the molecule is COc1ccc2c(c1)CCC1C2CCC2(C)C(=O)CC(CCCNC(=O)NN)C12. The van der Waals surface area contributed by atoms with Crippen LogP contribution in [-0.2, 0) is 11.2 Å². The summed E-state index contributed by atoms with van der Waals surface area (Å²) >= 11 is 0. The van der Waals surface area contributed by atoms with Crippen molar-refractivity contribution in [2.45, 2.75) is 57.8 Å². The molecule has 0 aromatic heterocycles. The number of hydrogen-bond acceptors (Lipinski definition) is 4. The van der Waals surface area contributed by atoms with E-state index in [1.807, 2.05) is 0 Å². The van der Waals surface area contributed by atoms with Crippen LogP contribution in [0, 0.1) is 23.2 Å². The standard InChI is InChI=1S/C23H33N3O3/c1-23-10-9-18-17-8-6-16(29-2)12-14(17)5-7-19(18)21(23)15(13-20(23)27)4-3-11-25-22(28)26-24/h6,8,12,15,18-19,21H,3-5,7,9-11,13,24H2,1-2H3,(H2,25,26,28). The van der Waals surface area contributed by atoms with Crippen molar-refractivity contribution in [3.8, 4) is 5.75 Å². The van der Waals surface area contributed by atoms with Gasteiger partial charge in [0, 0.05) is 18.4 Å². The molecule has 0 aliphatic heterocycles. The van der Waals surface area contributed by atoms with E-state index in [1.165, 1.54) is 11.1 Å². The lowest BCUT2D eigenvalue weighted by atomic mass is 9.54. The maximum Gasteiger partial charge on any atom is 0.328 e. The molecule has 1 aromatic carbocycles. The molecule has 3 aliphatic rings. The lowest BCUT2D eigenvalue weighted by Crippen LogP contribution is -2.44. The lowest BCUT2D eigenvalue weighted by Gasteiger charge is -2.50. The Morgan fingerprint density at radius 3 is 2.93 bits per heavy atom. The van der Waals surface area contributed by atoms with Gasteiger partial charge in [0.05, 0.1) is 7.11 Å². The molecule has 0 heterocycles. The molecule has 2 fully saturated rings. The highest BCUT2D eigenvalue weighted by Crippen LogP contribution is 2.62. The van der Waals surface area contributed by atoms with Gasteiger partial charge in [-0.05, 0) is 85.5 Å². The highest BCUT2D eigenvalue weighted by atomic mass is 16.5. The summed E-state index contributed by atoms with van der Waals surface area (Å²) in [6.07, 6.45) is 6.88. The number of carbonyl (C=O) groups is 2.